The highest BCUT2D eigenvalue weighted by molar-refractivity contribution is 5.40. The van der Waals surface area contributed by atoms with Crippen molar-refractivity contribution in [3.63, 3.8) is 0 Å². The van der Waals surface area contributed by atoms with Gasteiger partial charge in [0.1, 0.15) is 0 Å². The van der Waals surface area contributed by atoms with Crippen molar-refractivity contribution in [1.29, 1.82) is 0 Å². The molecule has 0 atom stereocenters. The number of benzene rings is 9. The lowest BCUT2D eigenvalue weighted by molar-refractivity contribution is 0.845. The molecule has 504 valence electrons. The van der Waals surface area contributed by atoms with Crippen molar-refractivity contribution in [2.45, 2.75) is 261 Å². The van der Waals surface area contributed by atoms with Gasteiger partial charge in [-0.05, 0) is 220 Å². The maximum atomic E-state index is 2.27. The standard InChI is InChI=1S/C12H18.2C11H16.5C10H14.C9H12/c1-8(2)12-10(4)6-9(3)7-11(12)5;1-8(2)11-6-9(3)5-10(4)7-11;1-8(2)11-9(3)6-5-7-10(11)4;1-8(2)10-6-4-9(3)5-7-10;2*1-8(2)10-6-4-5-9(3)7-10;2*1-8(2)10-7-5-4-6-9(10)3;1-8(2)9-6-4-3-5-7-9/h6-8H,1-5H3;2*5-8H,1-4H3;5*4-8H,1-3H3;3-8H,1-2H3. The Kier molecular flexibility index (Phi) is 40.2. The van der Waals surface area contributed by atoms with Crippen molar-refractivity contribution in [2.75, 3.05) is 0 Å². The van der Waals surface area contributed by atoms with Crippen molar-refractivity contribution in [3.8, 4) is 0 Å². The molecule has 0 amide bonds. The first kappa shape index (κ1) is 84.0. The fraction of sp³-hybridized carbons (Fsp3) is 0.419. The molecule has 0 aliphatic heterocycles. The van der Waals surface area contributed by atoms with Gasteiger partial charge in [-0.1, -0.05) is 358 Å². The molecule has 0 saturated carbocycles. The lowest BCUT2D eigenvalue weighted by atomic mass is 9.92. The van der Waals surface area contributed by atoms with Crippen LogP contribution in [-0.4, -0.2) is 0 Å². The maximum absolute atomic E-state index is 2.27. The smallest absolute Gasteiger partial charge is 0.0214 e. The molecular weight excluding hydrogens is 1120 g/mol. The maximum Gasteiger partial charge on any atom is -0.0214 e. The largest absolute Gasteiger partial charge is 0.0622 e. The van der Waals surface area contributed by atoms with Gasteiger partial charge in [0.15, 0.2) is 0 Å². The Morgan fingerprint density at radius 1 is 0.161 bits per heavy atom. The molecule has 0 heterocycles. The van der Waals surface area contributed by atoms with Crippen LogP contribution in [0.4, 0.5) is 0 Å². The average molecular weight is 1250 g/mol. The Bertz CT molecular complexity index is 3280. The van der Waals surface area contributed by atoms with E-state index in [0.717, 1.165) is 0 Å². The molecule has 0 spiro atoms. The first-order valence-corrected chi connectivity index (χ1v) is 35.2. The predicted molar refractivity (Wildman–Crippen MR) is 422 cm³/mol. The molecule has 0 fully saturated rings. The van der Waals surface area contributed by atoms with Crippen LogP contribution in [0.1, 0.15) is 295 Å². The van der Waals surface area contributed by atoms with E-state index >= 15 is 0 Å². The summed E-state index contributed by atoms with van der Waals surface area (Å²) in [5, 5.41) is 0. The SMILES string of the molecule is CC(C)c1ccccc1.Cc1cc(C)c(C(C)C)c(C)c1.Cc1cc(C)cc(C(C)C)c1.Cc1ccc(C(C)C)cc1.Cc1cccc(C(C)C)c1.Cc1cccc(C(C)C)c1.Cc1cccc(C)c1C(C)C.Cc1ccccc1C(C)C.Cc1ccccc1C(C)C. The van der Waals surface area contributed by atoms with Crippen LogP contribution in [0, 0.1) is 83.1 Å². The average Bonchev–Trinajstić information content (AvgIpc) is 1.26. The van der Waals surface area contributed by atoms with Gasteiger partial charge < -0.3 is 0 Å². The number of hydrogen-bond acceptors (Lipinski definition) is 0. The van der Waals surface area contributed by atoms with Crippen LogP contribution in [0.25, 0.3) is 0 Å². The molecule has 0 bridgehead atoms. The van der Waals surface area contributed by atoms with Gasteiger partial charge >= 0.3 is 0 Å². The van der Waals surface area contributed by atoms with Crippen LogP contribution in [0.3, 0.4) is 0 Å². The van der Waals surface area contributed by atoms with Crippen molar-refractivity contribution < 1.29 is 0 Å². The van der Waals surface area contributed by atoms with E-state index in [9.17, 15) is 0 Å². The summed E-state index contributed by atoms with van der Waals surface area (Å²) in [6, 6.07) is 71.4. The third kappa shape index (κ3) is 34.1. The number of rotatable bonds is 9. The van der Waals surface area contributed by atoms with E-state index in [1.54, 1.807) is 0 Å². The first-order chi connectivity index (χ1) is 43.6. The Morgan fingerprint density at radius 3 is 0.720 bits per heavy atom. The molecule has 0 unspecified atom stereocenters. The van der Waals surface area contributed by atoms with Crippen LogP contribution in [0.2, 0.25) is 0 Å². The van der Waals surface area contributed by atoms with Crippen molar-refractivity contribution in [3.05, 3.63) is 317 Å². The molecule has 0 saturated heterocycles. The van der Waals surface area contributed by atoms with Gasteiger partial charge in [0, 0.05) is 0 Å². The molecule has 0 aromatic heterocycles. The summed E-state index contributed by atoms with van der Waals surface area (Å²) in [7, 11) is 0. The van der Waals surface area contributed by atoms with Gasteiger partial charge in [0.05, 0.1) is 0 Å². The zero-order valence-corrected chi connectivity index (χ0v) is 64.7. The van der Waals surface area contributed by atoms with Gasteiger partial charge in [-0.3, -0.25) is 0 Å². The van der Waals surface area contributed by atoms with Crippen LogP contribution >= 0.6 is 0 Å². The van der Waals surface area contributed by atoms with Gasteiger partial charge in [0.25, 0.3) is 0 Å². The minimum atomic E-state index is 0.644. The van der Waals surface area contributed by atoms with Crippen molar-refractivity contribution in [1.82, 2.24) is 0 Å². The van der Waals surface area contributed by atoms with E-state index in [4.69, 9.17) is 0 Å². The Labute approximate surface area is 574 Å². The lowest BCUT2D eigenvalue weighted by Crippen LogP contribution is -1.96. The van der Waals surface area contributed by atoms with Crippen LogP contribution in [0.5, 0.6) is 0 Å². The second kappa shape index (κ2) is 44.6. The highest BCUT2D eigenvalue weighted by atomic mass is 14.1. The second-order valence-corrected chi connectivity index (χ2v) is 28.8. The Hall–Kier alpha value is -7.02. The summed E-state index contributed by atoms with van der Waals surface area (Å²) in [5.74, 6) is 5.87. The molecule has 0 aliphatic carbocycles. The van der Waals surface area contributed by atoms with Gasteiger partial charge in [-0.2, -0.15) is 0 Å². The van der Waals surface area contributed by atoms with E-state index in [0.29, 0.717) is 53.3 Å². The van der Waals surface area contributed by atoms with E-state index in [2.05, 4.69) is 402 Å². The lowest BCUT2D eigenvalue weighted by Gasteiger charge is -2.14. The highest BCUT2D eigenvalue weighted by Crippen LogP contribution is 2.26. The molecule has 9 rings (SSSR count). The fourth-order valence-corrected chi connectivity index (χ4v) is 11.5. The van der Waals surface area contributed by atoms with Crippen LogP contribution in [-0.2, 0) is 0 Å². The Morgan fingerprint density at radius 2 is 0.441 bits per heavy atom. The van der Waals surface area contributed by atoms with Gasteiger partial charge in [-0.25, -0.2) is 0 Å². The molecule has 0 aliphatic rings. The number of aryl methyl sites for hydroxylation is 12. The zero-order chi connectivity index (χ0) is 70.7. The molecule has 0 radical (unpaired) electrons. The summed E-state index contributed by atoms with van der Waals surface area (Å²) in [6.07, 6.45) is 0. The number of hydrogen-bond donors (Lipinski definition) is 0. The summed E-state index contributed by atoms with van der Waals surface area (Å²) < 4.78 is 0. The van der Waals surface area contributed by atoms with Crippen molar-refractivity contribution in [2.24, 2.45) is 0 Å². The molecular formula is C93H132. The zero-order valence-electron chi connectivity index (χ0n) is 64.7. The Balaban J connectivity index is 0.000000524. The van der Waals surface area contributed by atoms with E-state index in [1.165, 1.54) is 117 Å². The highest BCUT2D eigenvalue weighted by Gasteiger charge is 2.08. The molecule has 0 N–H and O–H groups in total. The van der Waals surface area contributed by atoms with Gasteiger partial charge in [0.2, 0.25) is 0 Å². The van der Waals surface area contributed by atoms with Crippen LogP contribution < -0.4 is 0 Å². The third-order valence-corrected chi connectivity index (χ3v) is 16.6. The summed E-state index contributed by atoms with van der Waals surface area (Å²) in [4.78, 5) is 0. The quantitative estimate of drug-likeness (QED) is 0.135. The summed E-state index contributed by atoms with van der Waals surface area (Å²) in [5.41, 5.74) is 29.7. The van der Waals surface area contributed by atoms with Gasteiger partial charge in [-0.15, -0.1) is 0 Å². The summed E-state index contributed by atoms with van der Waals surface area (Å²) >= 11 is 0. The first-order valence-electron chi connectivity index (χ1n) is 35.2. The molecule has 9 aromatic rings. The molecule has 93 heavy (non-hydrogen) atoms. The predicted octanol–water partition coefficient (Wildman–Crippen LogP) is 29.0. The third-order valence-electron chi connectivity index (χ3n) is 16.6. The fourth-order valence-electron chi connectivity index (χ4n) is 11.5. The van der Waals surface area contributed by atoms with E-state index < -0.39 is 0 Å². The molecule has 0 nitrogen and oxygen atoms in total. The topological polar surface area (TPSA) is 0 Å². The molecule has 9 aromatic carbocycles. The minimum absolute atomic E-state index is 0.644. The van der Waals surface area contributed by atoms with Crippen LogP contribution in [0.15, 0.2) is 200 Å². The monoisotopic (exact) mass is 1250 g/mol. The minimum Gasteiger partial charge on any atom is -0.0622 e. The normalized spacial score (nSPS) is 10.5. The molecule has 0 heteroatoms. The summed E-state index contributed by atoms with van der Waals surface area (Å²) in [6.45, 7) is 66.0. The van der Waals surface area contributed by atoms with Crippen molar-refractivity contribution >= 4 is 0 Å². The van der Waals surface area contributed by atoms with E-state index in [1.807, 2.05) is 6.07 Å². The second-order valence-electron chi connectivity index (χ2n) is 28.8. The van der Waals surface area contributed by atoms with E-state index in [-0.39, 0.29) is 0 Å².